The molecule has 0 atom stereocenters. The summed E-state index contributed by atoms with van der Waals surface area (Å²) in [5.41, 5.74) is 11.7. The average molecular weight is 673 g/mol. The van der Waals surface area contributed by atoms with Gasteiger partial charge in [0, 0.05) is 10.8 Å². The van der Waals surface area contributed by atoms with Crippen molar-refractivity contribution in [3.63, 3.8) is 0 Å². The first kappa shape index (κ1) is 29.7. The molecule has 1 heteroatoms. The smallest absolute Gasteiger partial charge is 0.135 e. The highest BCUT2D eigenvalue weighted by atomic mass is 16.3. The third-order valence-corrected chi connectivity index (χ3v) is 11.1. The lowest BCUT2D eigenvalue weighted by molar-refractivity contribution is 0.669. The van der Waals surface area contributed by atoms with Crippen molar-refractivity contribution < 1.29 is 4.42 Å². The van der Waals surface area contributed by atoms with Crippen LogP contribution >= 0.6 is 0 Å². The summed E-state index contributed by atoms with van der Waals surface area (Å²) in [4.78, 5) is 0. The van der Waals surface area contributed by atoms with Gasteiger partial charge in [0.2, 0.25) is 0 Å². The first-order valence-corrected chi connectivity index (χ1v) is 18.3. The van der Waals surface area contributed by atoms with Gasteiger partial charge in [-0.25, -0.2) is 0 Å². The fourth-order valence-electron chi connectivity index (χ4n) is 8.68. The molecule has 1 heterocycles. The van der Waals surface area contributed by atoms with Gasteiger partial charge in [-0.05, 0) is 112 Å². The van der Waals surface area contributed by atoms with Crippen LogP contribution in [0.15, 0.2) is 199 Å². The van der Waals surface area contributed by atoms with Crippen molar-refractivity contribution in [3.8, 4) is 44.5 Å². The van der Waals surface area contributed by atoms with Gasteiger partial charge in [-0.3, -0.25) is 0 Å². The lowest BCUT2D eigenvalue weighted by Gasteiger charge is -2.20. The summed E-state index contributed by atoms with van der Waals surface area (Å²) >= 11 is 0. The van der Waals surface area contributed by atoms with Gasteiger partial charge in [0.25, 0.3) is 0 Å². The Morgan fingerprint density at radius 2 is 0.736 bits per heavy atom. The molecule has 0 spiro atoms. The van der Waals surface area contributed by atoms with E-state index in [9.17, 15) is 0 Å². The maximum absolute atomic E-state index is 6.11. The van der Waals surface area contributed by atoms with Crippen LogP contribution in [-0.4, -0.2) is 0 Å². The third-order valence-electron chi connectivity index (χ3n) is 11.1. The van der Waals surface area contributed by atoms with E-state index >= 15 is 0 Å². The Morgan fingerprint density at radius 3 is 1.45 bits per heavy atom. The average Bonchev–Trinajstić information content (AvgIpc) is 3.61. The Labute approximate surface area is 307 Å². The molecule has 0 amide bonds. The van der Waals surface area contributed by atoms with E-state index in [1.165, 1.54) is 87.6 Å². The maximum atomic E-state index is 6.11. The summed E-state index contributed by atoms with van der Waals surface area (Å²) in [6, 6.07) is 70.7. The van der Waals surface area contributed by atoms with Crippen LogP contribution in [-0.2, 0) is 0 Å². The van der Waals surface area contributed by atoms with Gasteiger partial charge < -0.3 is 4.42 Å². The standard InChI is InChI=1S/C52H32O/c1-2-14-37-36(13-1)32-47(39-16-4-3-15-38(37)39)40-17-5-6-19-42(40)52-45-22-9-7-20-43(45)51(44-21-8-10-23-46(44)52)34-27-25-33(26-28-34)35-29-30-50-48(31-35)41-18-11-12-24-49(41)53-50/h1-32H. The predicted molar refractivity (Wildman–Crippen MR) is 225 cm³/mol. The zero-order chi connectivity index (χ0) is 34.9. The summed E-state index contributed by atoms with van der Waals surface area (Å²) in [5, 5.41) is 12.4. The zero-order valence-electron chi connectivity index (χ0n) is 28.9. The molecule has 0 aliphatic heterocycles. The Balaban J connectivity index is 1.11. The van der Waals surface area contributed by atoms with E-state index in [-0.39, 0.29) is 0 Å². The monoisotopic (exact) mass is 672 g/mol. The first-order chi connectivity index (χ1) is 26.3. The molecular formula is C52H32O. The van der Waals surface area contributed by atoms with E-state index in [4.69, 9.17) is 4.42 Å². The largest absolute Gasteiger partial charge is 0.456 e. The summed E-state index contributed by atoms with van der Waals surface area (Å²) in [7, 11) is 0. The van der Waals surface area contributed by atoms with Crippen LogP contribution in [0.2, 0.25) is 0 Å². The Kier molecular flexibility index (Phi) is 6.62. The number of rotatable bonds is 4. The SMILES string of the molecule is c1ccc(-c2cc3ccccc3c3ccccc23)c(-c2c3ccccc3c(-c3ccc(-c4ccc5oc6ccccc6c5c4)cc3)c3ccccc23)c1. The van der Waals surface area contributed by atoms with Crippen LogP contribution in [0.5, 0.6) is 0 Å². The summed E-state index contributed by atoms with van der Waals surface area (Å²) in [6.07, 6.45) is 0. The fourth-order valence-corrected chi connectivity index (χ4v) is 8.68. The lowest BCUT2D eigenvalue weighted by atomic mass is 9.83. The molecule has 1 aromatic heterocycles. The van der Waals surface area contributed by atoms with Gasteiger partial charge in [0.05, 0.1) is 0 Å². The van der Waals surface area contributed by atoms with E-state index in [1.54, 1.807) is 0 Å². The minimum absolute atomic E-state index is 0.917. The molecule has 0 saturated heterocycles. The van der Waals surface area contributed by atoms with Crippen LogP contribution in [0.25, 0.3) is 110 Å². The van der Waals surface area contributed by atoms with E-state index in [1.807, 2.05) is 12.1 Å². The van der Waals surface area contributed by atoms with Crippen LogP contribution in [0.3, 0.4) is 0 Å². The summed E-state index contributed by atoms with van der Waals surface area (Å²) in [6.45, 7) is 0. The molecule has 53 heavy (non-hydrogen) atoms. The number of hydrogen-bond donors (Lipinski definition) is 0. The van der Waals surface area contributed by atoms with E-state index in [0.717, 1.165) is 21.9 Å². The minimum atomic E-state index is 0.917. The minimum Gasteiger partial charge on any atom is -0.456 e. The quantitative estimate of drug-likeness (QED) is 0.134. The molecule has 0 N–H and O–H groups in total. The highest BCUT2D eigenvalue weighted by molar-refractivity contribution is 6.23. The van der Waals surface area contributed by atoms with Gasteiger partial charge >= 0.3 is 0 Å². The molecule has 246 valence electrons. The van der Waals surface area contributed by atoms with Crippen LogP contribution in [0.4, 0.5) is 0 Å². The fraction of sp³-hybridized carbons (Fsp3) is 0. The van der Waals surface area contributed by atoms with Gasteiger partial charge in [-0.2, -0.15) is 0 Å². The number of benzene rings is 10. The lowest BCUT2D eigenvalue weighted by Crippen LogP contribution is -1.93. The second-order valence-corrected chi connectivity index (χ2v) is 14.0. The van der Waals surface area contributed by atoms with E-state index < -0.39 is 0 Å². The molecule has 11 rings (SSSR count). The molecule has 1 nitrogen and oxygen atoms in total. The maximum Gasteiger partial charge on any atom is 0.135 e. The van der Waals surface area contributed by atoms with Crippen LogP contribution < -0.4 is 0 Å². The normalized spacial score (nSPS) is 11.8. The third kappa shape index (κ3) is 4.64. The number of para-hydroxylation sites is 1. The van der Waals surface area contributed by atoms with Gasteiger partial charge in [0.1, 0.15) is 11.2 Å². The number of fused-ring (bicyclic) bond motifs is 8. The predicted octanol–water partition coefficient (Wildman–Crippen LogP) is 14.9. The zero-order valence-corrected chi connectivity index (χ0v) is 28.9. The molecule has 0 fully saturated rings. The molecule has 10 aromatic carbocycles. The van der Waals surface area contributed by atoms with Gasteiger partial charge in [-0.1, -0.05) is 170 Å². The van der Waals surface area contributed by atoms with Crippen molar-refractivity contribution in [1.82, 2.24) is 0 Å². The van der Waals surface area contributed by atoms with Gasteiger partial charge in [0.15, 0.2) is 0 Å². The van der Waals surface area contributed by atoms with E-state index in [0.29, 0.717) is 0 Å². The van der Waals surface area contributed by atoms with Crippen molar-refractivity contribution >= 4 is 65.0 Å². The second kappa shape index (κ2) is 11.8. The number of hydrogen-bond acceptors (Lipinski definition) is 1. The highest BCUT2D eigenvalue weighted by Gasteiger charge is 2.20. The molecule has 0 bridgehead atoms. The molecular weight excluding hydrogens is 641 g/mol. The Morgan fingerprint density at radius 1 is 0.245 bits per heavy atom. The molecule has 0 saturated carbocycles. The molecule has 0 radical (unpaired) electrons. The van der Waals surface area contributed by atoms with E-state index in [2.05, 4.69) is 182 Å². The topological polar surface area (TPSA) is 13.1 Å². The highest BCUT2D eigenvalue weighted by Crippen LogP contribution is 2.47. The second-order valence-electron chi connectivity index (χ2n) is 14.0. The van der Waals surface area contributed by atoms with Gasteiger partial charge in [-0.15, -0.1) is 0 Å². The molecule has 0 aliphatic carbocycles. The van der Waals surface area contributed by atoms with Crippen LogP contribution in [0, 0.1) is 0 Å². The molecule has 0 unspecified atom stereocenters. The van der Waals surface area contributed by atoms with Crippen molar-refractivity contribution in [2.24, 2.45) is 0 Å². The first-order valence-electron chi connectivity index (χ1n) is 18.3. The van der Waals surface area contributed by atoms with Crippen molar-refractivity contribution in [3.05, 3.63) is 194 Å². The van der Waals surface area contributed by atoms with Crippen molar-refractivity contribution in [2.75, 3.05) is 0 Å². The van der Waals surface area contributed by atoms with Crippen LogP contribution in [0.1, 0.15) is 0 Å². The Hall–Kier alpha value is -6.96. The molecule has 0 aliphatic rings. The summed E-state index contributed by atoms with van der Waals surface area (Å²) < 4.78 is 6.11. The Bertz CT molecular complexity index is 3160. The van der Waals surface area contributed by atoms with Crippen molar-refractivity contribution in [1.29, 1.82) is 0 Å². The van der Waals surface area contributed by atoms with Crippen molar-refractivity contribution in [2.45, 2.75) is 0 Å². The number of furan rings is 1. The summed E-state index contributed by atoms with van der Waals surface area (Å²) in [5.74, 6) is 0. The molecule has 11 aromatic rings.